The number of ether oxygens (including phenoxy) is 2. The highest BCUT2D eigenvalue weighted by molar-refractivity contribution is 8.26. The Bertz CT molecular complexity index is 1080. The molecule has 2 aliphatic rings. The van der Waals surface area contributed by atoms with Crippen molar-refractivity contribution in [1.29, 1.82) is 0 Å². The molecule has 2 amide bonds. The highest BCUT2D eigenvalue weighted by Gasteiger charge is 2.31. The molecule has 0 atom stereocenters. The fourth-order valence-corrected chi connectivity index (χ4v) is 5.24. The SMILES string of the molecule is CCOc1cc(/C=C2\SC(=S)N(CCc3ccccc3)C2=O)ccc1OCC(=O)N1CCCC1. The maximum absolute atomic E-state index is 13.0. The summed E-state index contributed by atoms with van der Waals surface area (Å²) < 4.78 is 12.1. The van der Waals surface area contributed by atoms with Gasteiger partial charge in [-0.25, -0.2) is 0 Å². The van der Waals surface area contributed by atoms with E-state index in [9.17, 15) is 9.59 Å². The van der Waals surface area contributed by atoms with Crippen molar-refractivity contribution >= 4 is 46.2 Å². The summed E-state index contributed by atoms with van der Waals surface area (Å²) in [6, 6.07) is 15.5. The molecule has 6 nitrogen and oxygen atoms in total. The summed E-state index contributed by atoms with van der Waals surface area (Å²) in [5.74, 6) is 0.968. The summed E-state index contributed by atoms with van der Waals surface area (Å²) in [4.78, 5) is 29.4. The number of likely N-dealkylation sites (tertiary alicyclic amines) is 1. The predicted octanol–water partition coefficient (Wildman–Crippen LogP) is 4.53. The molecule has 34 heavy (non-hydrogen) atoms. The molecule has 0 N–H and O–H groups in total. The first kappa shape index (κ1) is 24.3. The summed E-state index contributed by atoms with van der Waals surface area (Å²) in [5, 5.41) is 0. The lowest BCUT2D eigenvalue weighted by Crippen LogP contribution is -2.32. The molecular formula is C26H28N2O4S2. The highest BCUT2D eigenvalue weighted by Crippen LogP contribution is 2.35. The maximum atomic E-state index is 13.0. The van der Waals surface area contributed by atoms with Crippen molar-refractivity contribution in [3.8, 4) is 11.5 Å². The van der Waals surface area contributed by atoms with E-state index in [1.807, 2.05) is 60.4 Å². The number of hydrogen-bond acceptors (Lipinski definition) is 6. The van der Waals surface area contributed by atoms with E-state index in [1.54, 1.807) is 11.0 Å². The van der Waals surface area contributed by atoms with Crippen LogP contribution in [0.25, 0.3) is 6.08 Å². The fraction of sp³-hybridized carbons (Fsp3) is 0.346. The van der Waals surface area contributed by atoms with E-state index in [0.717, 1.165) is 37.9 Å². The molecule has 0 aromatic heterocycles. The summed E-state index contributed by atoms with van der Waals surface area (Å²) in [5.41, 5.74) is 1.98. The first-order valence-corrected chi connectivity index (χ1v) is 12.7. The Labute approximate surface area is 209 Å². The smallest absolute Gasteiger partial charge is 0.266 e. The fourth-order valence-electron chi connectivity index (χ4n) is 3.93. The molecule has 0 radical (unpaired) electrons. The third kappa shape index (κ3) is 5.98. The lowest BCUT2D eigenvalue weighted by atomic mass is 10.1. The molecule has 2 aromatic rings. The molecule has 0 bridgehead atoms. The van der Waals surface area contributed by atoms with E-state index in [0.29, 0.717) is 33.9 Å². The van der Waals surface area contributed by atoms with Gasteiger partial charge in [-0.15, -0.1) is 0 Å². The highest BCUT2D eigenvalue weighted by atomic mass is 32.2. The molecule has 4 rings (SSSR count). The zero-order valence-electron chi connectivity index (χ0n) is 19.2. The van der Waals surface area contributed by atoms with Crippen LogP contribution in [0.5, 0.6) is 11.5 Å². The molecule has 0 aliphatic carbocycles. The Hall–Kier alpha value is -2.84. The Morgan fingerprint density at radius 2 is 1.85 bits per heavy atom. The lowest BCUT2D eigenvalue weighted by Gasteiger charge is -2.17. The van der Waals surface area contributed by atoms with Gasteiger partial charge in [-0.05, 0) is 55.5 Å². The van der Waals surface area contributed by atoms with Crippen LogP contribution in [-0.2, 0) is 16.0 Å². The van der Waals surface area contributed by atoms with Crippen molar-refractivity contribution in [3.05, 3.63) is 64.6 Å². The monoisotopic (exact) mass is 496 g/mol. The Morgan fingerprint density at radius 3 is 2.59 bits per heavy atom. The minimum Gasteiger partial charge on any atom is -0.490 e. The van der Waals surface area contributed by atoms with Crippen LogP contribution in [0.3, 0.4) is 0 Å². The molecule has 0 saturated carbocycles. The van der Waals surface area contributed by atoms with Crippen LogP contribution in [0.15, 0.2) is 53.4 Å². The van der Waals surface area contributed by atoms with Gasteiger partial charge in [0.05, 0.1) is 11.5 Å². The second-order valence-corrected chi connectivity index (χ2v) is 9.76. The van der Waals surface area contributed by atoms with Gasteiger partial charge in [0, 0.05) is 19.6 Å². The first-order valence-electron chi connectivity index (χ1n) is 11.5. The van der Waals surface area contributed by atoms with Crippen molar-refractivity contribution in [2.75, 3.05) is 32.8 Å². The molecule has 0 unspecified atom stereocenters. The Kier molecular flexibility index (Phi) is 8.24. The van der Waals surface area contributed by atoms with Gasteiger partial charge < -0.3 is 14.4 Å². The number of rotatable bonds is 9. The minimum atomic E-state index is -0.0829. The van der Waals surface area contributed by atoms with E-state index < -0.39 is 0 Å². The maximum Gasteiger partial charge on any atom is 0.266 e. The second kappa shape index (κ2) is 11.5. The van der Waals surface area contributed by atoms with Crippen molar-refractivity contribution in [2.24, 2.45) is 0 Å². The molecule has 2 saturated heterocycles. The largest absolute Gasteiger partial charge is 0.490 e. The van der Waals surface area contributed by atoms with Crippen molar-refractivity contribution < 1.29 is 19.1 Å². The van der Waals surface area contributed by atoms with Crippen LogP contribution >= 0.6 is 24.0 Å². The van der Waals surface area contributed by atoms with Gasteiger partial charge in [0.25, 0.3) is 11.8 Å². The van der Waals surface area contributed by atoms with Crippen LogP contribution in [0.2, 0.25) is 0 Å². The number of benzene rings is 2. The number of nitrogens with zero attached hydrogens (tertiary/aromatic N) is 2. The van der Waals surface area contributed by atoms with Crippen LogP contribution in [0, 0.1) is 0 Å². The van der Waals surface area contributed by atoms with E-state index in [4.69, 9.17) is 21.7 Å². The average molecular weight is 497 g/mol. The third-order valence-corrected chi connectivity index (χ3v) is 7.09. The summed E-state index contributed by atoms with van der Waals surface area (Å²) in [7, 11) is 0. The summed E-state index contributed by atoms with van der Waals surface area (Å²) in [6.07, 6.45) is 4.66. The third-order valence-electron chi connectivity index (χ3n) is 5.72. The quantitative estimate of drug-likeness (QED) is 0.376. The minimum absolute atomic E-state index is 0.0109. The van der Waals surface area contributed by atoms with Crippen LogP contribution in [0.1, 0.15) is 30.9 Å². The summed E-state index contributed by atoms with van der Waals surface area (Å²) >= 11 is 6.78. The van der Waals surface area contributed by atoms with Crippen molar-refractivity contribution in [3.63, 3.8) is 0 Å². The zero-order valence-corrected chi connectivity index (χ0v) is 20.8. The zero-order chi connectivity index (χ0) is 23.9. The summed E-state index contributed by atoms with van der Waals surface area (Å²) in [6.45, 7) is 4.48. The average Bonchev–Trinajstić information content (AvgIpc) is 3.47. The van der Waals surface area contributed by atoms with E-state index in [2.05, 4.69) is 0 Å². The molecule has 2 aliphatic heterocycles. The predicted molar refractivity (Wildman–Crippen MR) is 139 cm³/mol. The number of carbonyl (C=O) groups excluding carboxylic acids is 2. The van der Waals surface area contributed by atoms with Crippen LogP contribution < -0.4 is 9.47 Å². The van der Waals surface area contributed by atoms with E-state index >= 15 is 0 Å². The molecule has 8 heteroatoms. The molecule has 2 fully saturated rings. The van der Waals surface area contributed by atoms with Crippen molar-refractivity contribution in [1.82, 2.24) is 9.80 Å². The topological polar surface area (TPSA) is 59.1 Å². The molecule has 2 heterocycles. The second-order valence-electron chi connectivity index (χ2n) is 8.08. The Balaban J connectivity index is 1.43. The van der Waals surface area contributed by atoms with Gasteiger partial charge in [-0.1, -0.05) is 60.4 Å². The van der Waals surface area contributed by atoms with E-state index in [-0.39, 0.29) is 18.4 Å². The standard InChI is InChI=1S/C26H28N2O4S2/c1-2-31-22-16-20(10-11-21(22)32-18-24(29)27-13-6-7-14-27)17-23-25(30)28(26(33)34-23)15-12-19-8-4-3-5-9-19/h3-5,8-11,16-17H,2,6-7,12-15,18H2,1H3/b23-17-. The van der Waals surface area contributed by atoms with Gasteiger partial charge in [-0.2, -0.15) is 0 Å². The van der Waals surface area contributed by atoms with Crippen LogP contribution in [0.4, 0.5) is 0 Å². The van der Waals surface area contributed by atoms with Gasteiger partial charge in [0.1, 0.15) is 4.32 Å². The van der Waals surface area contributed by atoms with Crippen LogP contribution in [-0.4, -0.2) is 58.8 Å². The molecular weight excluding hydrogens is 468 g/mol. The first-order chi connectivity index (χ1) is 16.5. The number of hydrogen-bond donors (Lipinski definition) is 0. The van der Waals surface area contributed by atoms with Gasteiger partial charge in [0.2, 0.25) is 0 Å². The van der Waals surface area contributed by atoms with Crippen molar-refractivity contribution in [2.45, 2.75) is 26.2 Å². The lowest BCUT2D eigenvalue weighted by molar-refractivity contribution is -0.132. The number of thioether (sulfide) groups is 1. The van der Waals surface area contributed by atoms with Gasteiger partial charge in [0.15, 0.2) is 18.1 Å². The molecule has 2 aromatic carbocycles. The van der Waals surface area contributed by atoms with Gasteiger partial charge in [-0.3, -0.25) is 14.5 Å². The number of amides is 2. The molecule has 0 spiro atoms. The number of carbonyl (C=O) groups is 2. The normalized spacial score (nSPS) is 17.0. The van der Waals surface area contributed by atoms with E-state index in [1.165, 1.54) is 17.3 Å². The molecule has 178 valence electrons. The Morgan fingerprint density at radius 1 is 1.09 bits per heavy atom. The number of thiocarbonyl (C=S) groups is 1. The van der Waals surface area contributed by atoms with Gasteiger partial charge >= 0.3 is 0 Å².